The van der Waals surface area contributed by atoms with Gasteiger partial charge < -0.3 is 20.6 Å². The number of carboxylic acid groups (broad SMARTS) is 1. The first kappa shape index (κ1) is 26.7. The topological polar surface area (TPSA) is 129 Å². The Morgan fingerprint density at radius 2 is 1.79 bits per heavy atom. The van der Waals surface area contributed by atoms with Crippen LogP contribution in [0.15, 0.2) is 59.2 Å². The molecule has 0 saturated carbocycles. The number of esters is 1. The molecule has 34 heavy (non-hydrogen) atoms. The molecular formula is C23H21BrF3N3O4. The van der Waals surface area contributed by atoms with Crippen LogP contribution in [0.25, 0.3) is 11.1 Å². The van der Waals surface area contributed by atoms with Gasteiger partial charge >= 0.3 is 18.1 Å². The van der Waals surface area contributed by atoms with Crippen LogP contribution in [-0.2, 0) is 16.0 Å². The molecule has 7 nitrogen and oxygen atoms in total. The summed E-state index contributed by atoms with van der Waals surface area (Å²) in [6.45, 7) is 2.10. The molecule has 0 spiro atoms. The van der Waals surface area contributed by atoms with Crippen molar-refractivity contribution in [3.63, 3.8) is 0 Å². The predicted octanol–water partition coefficient (Wildman–Crippen LogP) is 5.13. The summed E-state index contributed by atoms with van der Waals surface area (Å²) in [5, 5.41) is 14.7. The van der Waals surface area contributed by atoms with Crippen molar-refractivity contribution in [2.24, 2.45) is 5.73 Å². The van der Waals surface area contributed by atoms with Gasteiger partial charge in [0.15, 0.2) is 0 Å². The van der Waals surface area contributed by atoms with Gasteiger partial charge in [0.25, 0.3) is 0 Å². The Bertz CT molecular complexity index is 1170. The summed E-state index contributed by atoms with van der Waals surface area (Å²) in [6, 6.07) is 15.2. The lowest BCUT2D eigenvalue weighted by Gasteiger charge is -2.09. The SMILES string of the molecule is CCOC(=O)c1c(-c2ccc(Br)cc2)c[nH]c1Cc1cccc(C(=N)N)c1.O=C(O)C(F)(F)F. The van der Waals surface area contributed by atoms with E-state index in [4.69, 9.17) is 25.8 Å². The fourth-order valence-corrected chi connectivity index (χ4v) is 3.22. The van der Waals surface area contributed by atoms with E-state index in [9.17, 15) is 18.0 Å². The number of benzene rings is 2. The number of H-pyrrole nitrogens is 1. The molecule has 11 heteroatoms. The predicted molar refractivity (Wildman–Crippen MR) is 124 cm³/mol. The van der Waals surface area contributed by atoms with E-state index in [-0.39, 0.29) is 11.8 Å². The number of amidine groups is 1. The maximum absolute atomic E-state index is 12.6. The summed E-state index contributed by atoms with van der Waals surface area (Å²) >= 11 is 3.43. The Morgan fingerprint density at radius 1 is 1.18 bits per heavy atom. The van der Waals surface area contributed by atoms with E-state index in [2.05, 4.69) is 20.9 Å². The van der Waals surface area contributed by atoms with Gasteiger partial charge in [0.05, 0.1) is 12.2 Å². The average molecular weight is 540 g/mol. The molecule has 5 N–H and O–H groups in total. The number of aromatic amines is 1. The monoisotopic (exact) mass is 539 g/mol. The summed E-state index contributed by atoms with van der Waals surface area (Å²) in [5.41, 5.74) is 10.2. The summed E-state index contributed by atoms with van der Waals surface area (Å²) < 4.78 is 38.0. The second-order valence-corrected chi connectivity index (χ2v) is 7.79. The molecule has 0 radical (unpaired) electrons. The van der Waals surface area contributed by atoms with Crippen LogP contribution in [0, 0.1) is 5.41 Å². The maximum Gasteiger partial charge on any atom is 0.490 e. The number of carboxylic acids is 1. The molecule has 180 valence electrons. The van der Waals surface area contributed by atoms with E-state index in [0.717, 1.165) is 26.9 Å². The van der Waals surface area contributed by atoms with E-state index in [1.807, 2.05) is 48.7 Å². The Kier molecular flexibility index (Phi) is 9.02. The third kappa shape index (κ3) is 7.20. The number of nitrogen functional groups attached to an aromatic ring is 1. The number of ether oxygens (including phenoxy) is 1. The highest BCUT2D eigenvalue weighted by Crippen LogP contribution is 2.29. The second kappa shape index (κ2) is 11.5. The van der Waals surface area contributed by atoms with Crippen LogP contribution >= 0.6 is 15.9 Å². The molecule has 0 atom stereocenters. The molecular weight excluding hydrogens is 519 g/mol. The number of hydrogen-bond donors (Lipinski definition) is 4. The lowest BCUT2D eigenvalue weighted by Crippen LogP contribution is -2.21. The molecule has 0 fully saturated rings. The standard InChI is InChI=1S/C21H20BrN3O2.C2HF3O2/c1-2-27-21(26)19-17(14-6-8-16(22)9-7-14)12-25-18(19)11-13-4-3-5-15(10-13)20(23)24;3-2(4,5)1(6)7/h3-10,12,25H,2,11H2,1H3,(H3,23,24);(H,6,7). The Labute approximate surface area is 201 Å². The smallest absolute Gasteiger partial charge is 0.475 e. The van der Waals surface area contributed by atoms with Crippen LogP contribution in [0.5, 0.6) is 0 Å². The minimum atomic E-state index is -5.08. The van der Waals surface area contributed by atoms with Crippen LogP contribution < -0.4 is 5.73 Å². The van der Waals surface area contributed by atoms with Crippen LogP contribution in [0.4, 0.5) is 13.2 Å². The van der Waals surface area contributed by atoms with Crippen molar-refractivity contribution in [3.05, 3.63) is 81.6 Å². The zero-order chi connectivity index (χ0) is 25.5. The van der Waals surface area contributed by atoms with Gasteiger partial charge in [-0.3, -0.25) is 5.41 Å². The molecule has 0 aliphatic heterocycles. The van der Waals surface area contributed by atoms with Gasteiger partial charge in [-0.1, -0.05) is 46.3 Å². The fourth-order valence-electron chi connectivity index (χ4n) is 2.95. The molecule has 0 saturated heterocycles. The first-order valence-corrected chi connectivity index (χ1v) is 10.6. The van der Waals surface area contributed by atoms with Crippen molar-refractivity contribution in [2.75, 3.05) is 6.61 Å². The minimum absolute atomic E-state index is 0.0181. The second-order valence-electron chi connectivity index (χ2n) is 6.88. The van der Waals surface area contributed by atoms with E-state index in [1.165, 1.54) is 0 Å². The summed E-state index contributed by atoms with van der Waals surface area (Å²) in [6.07, 6.45) is -2.74. The molecule has 0 bridgehead atoms. The third-order valence-electron chi connectivity index (χ3n) is 4.46. The van der Waals surface area contributed by atoms with Gasteiger partial charge in [-0.15, -0.1) is 0 Å². The molecule has 0 aliphatic rings. The van der Waals surface area contributed by atoms with Crippen molar-refractivity contribution in [2.45, 2.75) is 19.5 Å². The fraction of sp³-hybridized carbons (Fsp3) is 0.174. The van der Waals surface area contributed by atoms with E-state index in [1.54, 1.807) is 13.0 Å². The highest BCUT2D eigenvalue weighted by molar-refractivity contribution is 9.10. The quantitative estimate of drug-likeness (QED) is 0.196. The molecule has 3 aromatic rings. The van der Waals surface area contributed by atoms with E-state index >= 15 is 0 Å². The summed E-state index contributed by atoms with van der Waals surface area (Å²) in [4.78, 5) is 24.8. The van der Waals surface area contributed by atoms with Crippen molar-refractivity contribution in [1.82, 2.24) is 4.98 Å². The van der Waals surface area contributed by atoms with Gasteiger partial charge in [0.1, 0.15) is 5.84 Å². The normalized spacial score (nSPS) is 10.7. The van der Waals surface area contributed by atoms with E-state index < -0.39 is 12.1 Å². The van der Waals surface area contributed by atoms with Crippen molar-refractivity contribution < 1.29 is 32.6 Å². The molecule has 0 unspecified atom stereocenters. The van der Waals surface area contributed by atoms with Crippen molar-refractivity contribution >= 4 is 33.7 Å². The number of alkyl halides is 3. The van der Waals surface area contributed by atoms with Crippen molar-refractivity contribution in [1.29, 1.82) is 5.41 Å². The highest BCUT2D eigenvalue weighted by atomic mass is 79.9. The number of halogens is 4. The van der Waals surface area contributed by atoms with Gasteiger partial charge in [-0.2, -0.15) is 13.2 Å². The third-order valence-corrected chi connectivity index (χ3v) is 4.99. The zero-order valence-corrected chi connectivity index (χ0v) is 19.5. The minimum Gasteiger partial charge on any atom is -0.475 e. The van der Waals surface area contributed by atoms with Crippen LogP contribution in [0.3, 0.4) is 0 Å². The van der Waals surface area contributed by atoms with E-state index in [0.29, 0.717) is 24.2 Å². The summed E-state index contributed by atoms with van der Waals surface area (Å²) in [5.74, 6) is -3.09. The largest absolute Gasteiger partial charge is 0.490 e. The first-order chi connectivity index (χ1) is 15.9. The number of carbonyl (C=O) groups is 2. The first-order valence-electron chi connectivity index (χ1n) is 9.80. The lowest BCUT2D eigenvalue weighted by molar-refractivity contribution is -0.192. The van der Waals surface area contributed by atoms with Crippen molar-refractivity contribution in [3.8, 4) is 11.1 Å². The number of nitrogens with two attached hydrogens (primary N) is 1. The number of hydrogen-bond acceptors (Lipinski definition) is 4. The van der Waals surface area contributed by atoms with Crippen LogP contribution in [-0.4, -0.2) is 40.6 Å². The number of nitrogens with one attached hydrogen (secondary N) is 2. The van der Waals surface area contributed by atoms with Gasteiger partial charge in [-0.25, -0.2) is 9.59 Å². The van der Waals surface area contributed by atoms with Crippen LogP contribution in [0.2, 0.25) is 0 Å². The summed E-state index contributed by atoms with van der Waals surface area (Å²) in [7, 11) is 0. The Hall–Kier alpha value is -3.60. The number of rotatable bonds is 6. The average Bonchev–Trinajstić information content (AvgIpc) is 3.18. The van der Waals surface area contributed by atoms with Gasteiger partial charge in [-0.05, 0) is 36.2 Å². The molecule has 0 amide bonds. The van der Waals surface area contributed by atoms with Gasteiger partial charge in [0, 0.05) is 33.9 Å². The molecule has 2 aromatic carbocycles. The van der Waals surface area contributed by atoms with Crippen LogP contribution in [0.1, 0.15) is 34.1 Å². The maximum atomic E-state index is 12.6. The Morgan fingerprint density at radius 3 is 2.32 bits per heavy atom. The number of aliphatic carboxylic acids is 1. The highest BCUT2D eigenvalue weighted by Gasteiger charge is 2.38. The number of carbonyl (C=O) groups excluding carboxylic acids is 1. The lowest BCUT2D eigenvalue weighted by atomic mass is 9.99. The molecule has 1 aromatic heterocycles. The number of aromatic nitrogens is 1. The molecule has 1 heterocycles. The molecule has 3 rings (SSSR count). The van der Waals surface area contributed by atoms with Gasteiger partial charge in [0.2, 0.25) is 0 Å². The Balaban J connectivity index is 0.000000509. The zero-order valence-electron chi connectivity index (χ0n) is 17.9. The molecule has 0 aliphatic carbocycles.